The standard InChI is InChI=1S/C58H36N2O/c1-2-15-38(16-3-1)58-59-53(36-54(60-58)44-22-12-20-41(34-44)48-27-13-28-51-49-26-8-9-29-55(49)61-57(48)51)43-21-10-18-39(32-43)40-19-11-23-45(33-40)56-47-25-7-5-17-42(47)35-52-46-24-6-4-14-37(46)30-31-50(52)56/h1-36H. The number of fused-ring (bicyclic) bond motifs is 7. The van der Waals surface area contributed by atoms with Crippen molar-refractivity contribution < 1.29 is 4.42 Å². The van der Waals surface area contributed by atoms with Gasteiger partial charge in [0.15, 0.2) is 5.82 Å². The normalized spacial score (nSPS) is 11.6. The van der Waals surface area contributed by atoms with Gasteiger partial charge in [-0.25, -0.2) is 9.97 Å². The molecule has 3 heteroatoms. The van der Waals surface area contributed by atoms with E-state index in [1.165, 1.54) is 43.4 Å². The van der Waals surface area contributed by atoms with Crippen LogP contribution >= 0.6 is 0 Å². The van der Waals surface area contributed by atoms with Crippen LogP contribution in [-0.2, 0) is 0 Å². The van der Waals surface area contributed by atoms with E-state index in [1.54, 1.807) is 0 Å². The summed E-state index contributed by atoms with van der Waals surface area (Å²) in [5.41, 5.74) is 13.3. The zero-order valence-corrected chi connectivity index (χ0v) is 33.1. The second-order valence-electron chi connectivity index (χ2n) is 15.7. The van der Waals surface area contributed by atoms with Gasteiger partial charge in [0.25, 0.3) is 0 Å². The van der Waals surface area contributed by atoms with Crippen LogP contribution in [0, 0.1) is 0 Å². The fraction of sp³-hybridized carbons (Fsp3) is 0. The van der Waals surface area contributed by atoms with Crippen LogP contribution < -0.4 is 0 Å². The first kappa shape index (κ1) is 34.9. The summed E-state index contributed by atoms with van der Waals surface area (Å²) < 4.78 is 6.45. The topological polar surface area (TPSA) is 38.9 Å². The molecule has 2 aromatic heterocycles. The predicted molar refractivity (Wildman–Crippen MR) is 254 cm³/mol. The average Bonchev–Trinajstić information content (AvgIpc) is 3.72. The molecule has 0 N–H and O–H groups in total. The summed E-state index contributed by atoms with van der Waals surface area (Å²) in [4.78, 5) is 10.4. The maximum atomic E-state index is 6.45. The molecule has 0 aliphatic heterocycles. The van der Waals surface area contributed by atoms with Crippen molar-refractivity contribution in [3.05, 3.63) is 218 Å². The van der Waals surface area contributed by atoms with E-state index in [1.807, 2.05) is 30.3 Å². The molecule has 0 fully saturated rings. The lowest BCUT2D eigenvalue weighted by Gasteiger charge is -2.15. The first-order chi connectivity index (χ1) is 30.2. The van der Waals surface area contributed by atoms with E-state index >= 15 is 0 Å². The molecular formula is C58H36N2O. The van der Waals surface area contributed by atoms with Crippen molar-refractivity contribution in [2.24, 2.45) is 0 Å². The van der Waals surface area contributed by atoms with Crippen LogP contribution in [0.3, 0.4) is 0 Å². The van der Waals surface area contributed by atoms with Crippen LogP contribution in [0.5, 0.6) is 0 Å². The first-order valence-corrected chi connectivity index (χ1v) is 20.7. The molecule has 10 aromatic carbocycles. The molecule has 0 saturated carbocycles. The number of furan rings is 1. The Kier molecular flexibility index (Phi) is 8.17. The van der Waals surface area contributed by atoms with Crippen LogP contribution in [-0.4, -0.2) is 9.97 Å². The Labute approximate surface area is 352 Å². The minimum Gasteiger partial charge on any atom is -0.455 e. The molecule has 3 nitrogen and oxygen atoms in total. The fourth-order valence-corrected chi connectivity index (χ4v) is 9.12. The van der Waals surface area contributed by atoms with Gasteiger partial charge in [-0.15, -0.1) is 0 Å². The molecule has 61 heavy (non-hydrogen) atoms. The van der Waals surface area contributed by atoms with E-state index in [9.17, 15) is 0 Å². The lowest BCUT2D eigenvalue weighted by molar-refractivity contribution is 0.670. The largest absolute Gasteiger partial charge is 0.455 e. The molecule has 0 unspecified atom stereocenters. The monoisotopic (exact) mass is 776 g/mol. The number of para-hydroxylation sites is 2. The zero-order valence-electron chi connectivity index (χ0n) is 33.1. The van der Waals surface area contributed by atoms with E-state index in [0.29, 0.717) is 5.82 Å². The van der Waals surface area contributed by atoms with Crippen molar-refractivity contribution in [3.8, 4) is 67.3 Å². The second kappa shape index (κ2) is 14.3. The summed E-state index contributed by atoms with van der Waals surface area (Å²) in [5.74, 6) is 0.681. The Balaban J connectivity index is 0.976. The van der Waals surface area contributed by atoms with Gasteiger partial charge in [0.1, 0.15) is 11.2 Å². The Bertz CT molecular complexity index is 3660. The van der Waals surface area contributed by atoms with Crippen molar-refractivity contribution >= 4 is 54.3 Å². The highest BCUT2D eigenvalue weighted by Gasteiger charge is 2.17. The van der Waals surface area contributed by atoms with Crippen molar-refractivity contribution in [2.45, 2.75) is 0 Å². The molecule has 284 valence electrons. The summed E-state index contributed by atoms with van der Waals surface area (Å²) in [7, 11) is 0. The molecule has 0 spiro atoms. The van der Waals surface area contributed by atoms with Crippen LogP contribution in [0.15, 0.2) is 223 Å². The summed E-state index contributed by atoms with van der Waals surface area (Å²) in [6, 6.07) is 77.6. The minimum atomic E-state index is 0.681. The molecule has 0 amide bonds. The lowest BCUT2D eigenvalue weighted by Crippen LogP contribution is -1.96. The number of benzene rings is 10. The number of hydrogen-bond acceptors (Lipinski definition) is 3. The molecule has 12 aromatic rings. The smallest absolute Gasteiger partial charge is 0.160 e. The van der Waals surface area contributed by atoms with Gasteiger partial charge in [-0.1, -0.05) is 182 Å². The molecule has 0 radical (unpaired) electrons. The van der Waals surface area contributed by atoms with Crippen molar-refractivity contribution in [1.82, 2.24) is 9.97 Å². The Hall–Kier alpha value is -8.14. The summed E-state index contributed by atoms with van der Waals surface area (Å²) in [5, 5.41) is 9.75. The molecule has 2 heterocycles. The first-order valence-electron chi connectivity index (χ1n) is 20.7. The van der Waals surface area contributed by atoms with E-state index in [-0.39, 0.29) is 0 Å². The SMILES string of the molecule is c1ccc(-c2nc(-c3cccc(-c4cccc(-c5c6ccccc6cc6c5ccc5ccccc56)c4)c3)cc(-c3cccc(-c4cccc5c4oc4ccccc45)c3)n2)cc1. The molecular weight excluding hydrogens is 741 g/mol. The molecule has 0 saturated heterocycles. The van der Waals surface area contributed by atoms with Crippen LogP contribution in [0.4, 0.5) is 0 Å². The third kappa shape index (κ3) is 6.06. The van der Waals surface area contributed by atoms with Crippen LogP contribution in [0.2, 0.25) is 0 Å². The number of aromatic nitrogens is 2. The van der Waals surface area contributed by atoms with Gasteiger partial charge in [0.05, 0.1) is 11.4 Å². The quantitative estimate of drug-likeness (QED) is 0.125. The van der Waals surface area contributed by atoms with E-state index in [2.05, 4.69) is 188 Å². The van der Waals surface area contributed by atoms with E-state index in [4.69, 9.17) is 14.4 Å². The molecule has 0 atom stereocenters. The summed E-state index contributed by atoms with van der Waals surface area (Å²) in [6.45, 7) is 0. The minimum absolute atomic E-state index is 0.681. The third-order valence-electron chi connectivity index (χ3n) is 12.0. The van der Waals surface area contributed by atoms with Gasteiger partial charge < -0.3 is 4.42 Å². The Morgan fingerprint density at radius 1 is 0.295 bits per heavy atom. The summed E-state index contributed by atoms with van der Waals surface area (Å²) in [6.07, 6.45) is 0. The van der Waals surface area contributed by atoms with Gasteiger partial charge in [-0.3, -0.25) is 0 Å². The van der Waals surface area contributed by atoms with Crippen molar-refractivity contribution in [1.29, 1.82) is 0 Å². The van der Waals surface area contributed by atoms with Crippen LogP contribution in [0.25, 0.3) is 122 Å². The van der Waals surface area contributed by atoms with E-state index in [0.717, 1.165) is 72.3 Å². The fourth-order valence-electron chi connectivity index (χ4n) is 9.12. The average molecular weight is 777 g/mol. The second-order valence-corrected chi connectivity index (χ2v) is 15.7. The van der Waals surface area contributed by atoms with Gasteiger partial charge in [0.2, 0.25) is 0 Å². The Morgan fingerprint density at radius 2 is 0.852 bits per heavy atom. The predicted octanol–water partition coefficient (Wildman–Crippen LogP) is 15.8. The van der Waals surface area contributed by atoms with Crippen molar-refractivity contribution in [3.63, 3.8) is 0 Å². The molecule has 0 aliphatic rings. The molecule has 12 rings (SSSR count). The van der Waals surface area contributed by atoms with Crippen molar-refractivity contribution in [2.75, 3.05) is 0 Å². The highest BCUT2D eigenvalue weighted by atomic mass is 16.3. The highest BCUT2D eigenvalue weighted by Crippen LogP contribution is 2.41. The Morgan fingerprint density at radius 3 is 1.64 bits per heavy atom. The van der Waals surface area contributed by atoms with E-state index < -0.39 is 0 Å². The number of rotatable bonds is 6. The maximum Gasteiger partial charge on any atom is 0.160 e. The van der Waals surface area contributed by atoms with Gasteiger partial charge >= 0.3 is 0 Å². The third-order valence-corrected chi connectivity index (χ3v) is 12.0. The summed E-state index contributed by atoms with van der Waals surface area (Å²) >= 11 is 0. The molecule has 0 bridgehead atoms. The van der Waals surface area contributed by atoms with Crippen LogP contribution in [0.1, 0.15) is 0 Å². The zero-order chi connectivity index (χ0) is 40.3. The maximum absolute atomic E-state index is 6.45. The van der Waals surface area contributed by atoms with Gasteiger partial charge in [-0.2, -0.15) is 0 Å². The molecule has 0 aliphatic carbocycles. The van der Waals surface area contributed by atoms with Gasteiger partial charge in [0, 0.05) is 33.0 Å². The highest BCUT2D eigenvalue weighted by molar-refractivity contribution is 6.20. The number of nitrogens with zero attached hydrogens (tertiary/aromatic N) is 2. The number of hydrogen-bond donors (Lipinski definition) is 0. The van der Waals surface area contributed by atoms with Gasteiger partial charge in [-0.05, 0) is 96.5 Å². The lowest BCUT2D eigenvalue weighted by atomic mass is 9.88.